The van der Waals surface area contributed by atoms with E-state index >= 15 is 0 Å². The average Bonchev–Trinajstić information content (AvgIpc) is 2.80. The van der Waals surface area contributed by atoms with E-state index in [0.717, 1.165) is 32.0 Å². The lowest BCUT2D eigenvalue weighted by molar-refractivity contribution is -0.384. The number of hydrogen-bond acceptors (Lipinski definition) is 8. The molecule has 1 fully saturated rings. The SMILES string of the molecule is O=C(Nc1cnc(N2CCN(c3ccccn3)CC2)nc1)c1cccc([N+](=O)[O-])c1. The highest BCUT2D eigenvalue weighted by molar-refractivity contribution is 6.04. The Kier molecular flexibility index (Phi) is 5.46. The lowest BCUT2D eigenvalue weighted by Crippen LogP contribution is -2.47. The maximum absolute atomic E-state index is 12.3. The number of amides is 1. The zero-order chi connectivity index (χ0) is 20.9. The molecular weight excluding hydrogens is 386 g/mol. The van der Waals surface area contributed by atoms with Gasteiger partial charge in [0.25, 0.3) is 11.6 Å². The number of benzene rings is 1. The molecule has 1 aliphatic rings. The first kappa shape index (κ1) is 19.2. The molecule has 0 aliphatic carbocycles. The number of aromatic nitrogens is 3. The molecule has 1 aromatic carbocycles. The Bertz CT molecular complexity index is 1040. The molecule has 0 atom stereocenters. The molecule has 0 saturated carbocycles. The van der Waals surface area contributed by atoms with Crippen LogP contribution in [0, 0.1) is 10.1 Å². The number of carbonyl (C=O) groups excluding carboxylic acids is 1. The van der Waals surface area contributed by atoms with Gasteiger partial charge in [-0.1, -0.05) is 12.1 Å². The molecule has 0 bridgehead atoms. The molecule has 4 rings (SSSR count). The Hall–Kier alpha value is -4.08. The number of nitro benzene ring substituents is 1. The zero-order valence-electron chi connectivity index (χ0n) is 16.0. The van der Waals surface area contributed by atoms with E-state index in [1.54, 1.807) is 6.20 Å². The summed E-state index contributed by atoms with van der Waals surface area (Å²) in [7, 11) is 0. The number of nitrogens with zero attached hydrogens (tertiary/aromatic N) is 6. The molecule has 2 aromatic heterocycles. The summed E-state index contributed by atoms with van der Waals surface area (Å²) < 4.78 is 0. The van der Waals surface area contributed by atoms with Crippen LogP contribution in [0.5, 0.6) is 0 Å². The molecule has 1 amide bonds. The number of nitrogens with one attached hydrogen (secondary N) is 1. The number of non-ortho nitro benzene ring substituents is 1. The minimum absolute atomic E-state index is 0.140. The van der Waals surface area contributed by atoms with E-state index in [2.05, 4.69) is 30.1 Å². The van der Waals surface area contributed by atoms with Gasteiger partial charge in [-0.3, -0.25) is 14.9 Å². The van der Waals surface area contributed by atoms with E-state index in [9.17, 15) is 14.9 Å². The largest absolute Gasteiger partial charge is 0.353 e. The first-order valence-electron chi connectivity index (χ1n) is 9.39. The van der Waals surface area contributed by atoms with Crippen molar-refractivity contribution in [2.24, 2.45) is 0 Å². The molecule has 10 heteroatoms. The van der Waals surface area contributed by atoms with Crippen molar-refractivity contribution < 1.29 is 9.72 Å². The third-order valence-electron chi connectivity index (χ3n) is 4.75. The fourth-order valence-electron chi connectivity index (χ4n) is 3.19. The molecule has 3 aromatic rings. The lowest BCUT2D eigenvalue weighted by Gasteiger charge is -2.35. The predicted molar refractivity (Wildman–Crippen MR) is 112 cm³/mol. The Morgan fingerprint density at radius 1 is 0.967 bits per heavy atom. The minimum Gasteiger partial charge on any atom is -0.353 e. The number of anilines is 3. The number of hydrogen-bond donors (Lipinski definition) is 1. The second kappa shape index (κ2) is 8.52. The number of rotatable bonds is 5. The quantitative estimate of drug-likeness (QED) is 0.508. The van der Waals surface area contributed by atoms with Crippen molar-refractivity contribution in [3.63, 3.8) is 0 Å². The third-order valence-corrected chi connectivity index (χ3v) is 4.75. The van der Waals surface area contributed by atoms with Gasteiger partial charge >= 0.3 is 0 Å². The van der Waals surface area contributed by atoms with Crippen molar-refractivity contribution >= 4 is 29.0 Å². The van der Waals surface area contributed by atoms with Gasteiger partial charge in [-0.15, -0.1) is 0 Å². The molecule has 0 spiro atoms. The van der Waals surface area contributed by atoms with Gasteiger partial charge in [-0.2, -0.15) is 0 Å². The number of nitro groups is 1. The Labute approximate surface area is 172 Å². The van der Waals surface area contributed by atoms with Crippen molar-refractivity contribution in [1.82, 2.24) is 15.0 Å². The van der Waals surface area contributed by atoms with Gasteiger partial charge in [0, 0.05) is 50.1 Å². The number of carbonyl (C=O) groups is 1. The van der Waals surface area contributed by atoms with Crippen molar-refractivity contribution in [3.8, 4) is 0 Å². The van der Waals surface area contributed by atoms with Gasteiger partial charge < -0.3 is 15.1 Å². The van der Waals surface area contributed by atoms with Gasteiger partial charge in [-0.25, -0.2) is 15.0 Å². The summed E-state index contributed by atoms with van der Waals surface area (Å²) in [5.74, 6) is 1.08. The average molecular weight is 405 g/mol. The maximum atomic E-state index is 12.3. The summed E-state index contributed by atoms with van der Waals surface area (Å²) in [6.07, 6.45) is 4.84. The van der Waals surface area contributed by atoms with Crippen molar-refractivity contribution in [2.45, 2.75) is 0 Å². The molecule has 0 unspecified atom stereocenters. The Morgan fingerprint density at radius 3 is 2.37 bits per heavy atom. The van der Waals surface area contributed by atoms with Crippen LogP contribution in [0.2, 0.25) is 0 Å². The van der Waals surface area contributed by atoms with E-state index in [0.29, 0.717) is 11.6 Å². The lowest BCUT2D eigenvalue weighted by atomic mass is 10.2. The molecule has 1 aliphatic heterocycles. The topological polar surface area (TPSA) is 117 Å². The fourth-order valence-corrected chi connectivity index (χ4v) is 3.19. The van der Waals surface area contributed by atoms with Gasteiger partial charge in [-0.05, 0) is 18.2 Å². The van der Waals surface area contributed by atoms with Crippen LogP contribution in [-0.4, -0.2) is 52.0 Å². The normalized spacial score (nSPS) is 13.7. The van der Waals surface area contributed by atoms with Gasteiger partial charge in [0.05, 0.1) is 23.0 Å². The van der Waals surface area contributed by atoms with Crippen LogP contribution in [0.25, 0.3) is 0 Å². The highest BCUT2D eigenvalue weighted by Crippen LogP contribution is 2.18. The van der Waals surface area contributed by atoms with Crippen LogP contribution in [0.15, 0.2) is 61.1 Å². The van der Waals surface area contributed by atoms with Crippen LogP contribution in [0.4, 0.5) is 23.1 Å². The summed E-state index contributed by atoms with van der Waals surface area (Å²) in [6, 6.07) is 11.4. The van der Waals surface area contributed by atoms with Crippen LogP contribution < -0.4 is 15.1 Å². The van der Waals surface area contributed by atoms with Crippen molar-refractivity contribution in [3.05, 3.63) is 76.7 Å². The summed E-state index contributed by atoms with van der Waals surface area (Å²) in [5, 5.41) is 13.5. The second-order valence-electron chi connectivity index (χ2n) is 6.70. The van der Waals surface area contributed by atoms with Crippen LogP contribution in [0.3, 0.4) is 0 Å². The molecule has 1 N–H and O–H groups in total. The molecule has 0 radical (unpaired) electrons. The van der Waals surface area contributed by atoms with Crippen molar-refractivity contribution in [2.75, 3.05) is 41.3 Å². The standard InChI is InChI=1S/C20H19N7O3/c28-19(15-4-3-5-17(12-15)27(29)30)24-16-13-22-20(23-14-16)26-10-8-25(9-11-26)18-6-1-2-7-21-18/h1-7,12-14H,8-11H2,(H,24,28). The van der Waals surface area contributed by atoms with Crippen LogP contribution >= 0.6 is 0 Å². The summed E-state index contributed by atoms with van der Waals surface area (Å²) in [6.45, 7) is 3.14. The molecule has 152 valence electrons. The number of pyridine rings is 1. The monoisotopic (exact) mass is 405 g/mol. The fraction of sp³-hybridized carbons (Fsp3) is 0.200. The molecule has 10 nitrogen and oxygen atoms in total. The molecule has 3 heterocycles. The first-order chi connectivity index (χ1) is 14.6. The van der Waals surface area contributed by atoms with Gasteiger partial charge in [0.1, 0.15) is 5.82 Å². The Balaban J connectivity index is 1.36. The summed E-state index contributed by atoms with van der Waals surface area (Å²) >= 11 is 0. The van der Waals surface area contributed by atoms with Crippen LogP contribution in [-0.2, 0) is 0 Å². The van der Waals surface area contributed by atoms with Gasteiger partial charge in [0.2, 0.25) is 5.95 Å². The minimum atomic E-state index is -0.539. The zero-order valence-corrected chi connectivity index (χ0v) is 16.0. The molecular formula is C20H19N7O3. The molecule has 1 saturated heterocycles. The second-order valence-corrected chi connectivity index (χ2v) is 6.70. The smallest absolute Gasteiger partial charge is 0.270 e. The predicted octanol–water partition coefficient (Wildman–Crippen LogP) is 2.36. The van der Waals surface area contributed by atoms with E-state index in [-0.39, 0.29) is 11.3 Å². The Morgan fingerprint density at radius 2 is 1.70 bits per heavy atom. The highest BCUT2D eigenvalue weighted by atomic mass is 16.6. The van der Waals surface area contributed by atoms with Gasteiger partial charge in [0.15, 0.2) is 0 Å². The summed E-state index contributed by atoms with van der Waals surface area (Å²) in [4.78, 5) is 40.0. The molecule has 30 heavy (non-hydrogen) atoms. The highest BCUT2D eigenvalue weighted by Gasteiger charge is 2.20. The summed E-state index contributed by atoms with van der Waals surface area (Å²) in [5.41, 5.74) is 0.473. The van der Waals surface area contributed by atoms with Crippen molar-refractivity contribution in [1.29, 1.82) is 0 Å². The van der Waals surface area contributed by atoms with E-state index in [4.69, 9.17) is 0 Å². The third kappa shape index (κ3) is 4.32. The van der Waals surface area contributed by atoms with E-state index in [1.165, 1.54) is 36.7 Å². The first-order valence-corrected chi connectivity index (χ1v) is 9.39. The number of piperazine rings is 1. The van der Waals surface area contributed by atoms with Crippen LogP contribution in [0.1, 0.15) is 10.4 Å². The van der Waals surface area contributed by atoms with E-state index < -0.39 is 10.8 Å². The van der Waals surface area contributed by atoms with E-state index in [1.807, 2.05) is 18.2 Å². The maximum Gasteiger partial charge on any atom is 0.270 e.